The lowest BCUT2D eigenvalue weighted by atomic mass is 10.2. The Kier molecular flexibility index (Phi) is 3.22. The predicted molar refractivity (Wildman–Crippen MR) is 67.7 cm³/mol. The smallest absolute Gasteiger partial charge is 0.112 e. The number of rotatable bonds is 2. The zero-order valence-electron chi connectivity index (χ0n) is 9.17. The number of nitrogens with zero attached hydrogens (tertiary/aromatic N) is 2. The Morgan fingerprint density at radius 2 is 2.06 bits per heavy atom. The number of imidazole rings is 1. The first-order chi connectivity index (χ1) is 7.63. The Labute approximate surface area is 105 Å². The van der Waals surface area contributed by atoms with Crippen molar-refractivity contribution in [3.8, 4) is 5.69 Å². The molecule has 0 atom stereocenters. The Morgan fingerprint density at radius 1 is 1.31 bits per heavy atom. The highest BCUT2D eigenvalue weighted by molar-refractivity contribution is 6.36. The van der Waals surface area contributed by atoms with Crippen LogP contribution in [0.25, 0.3) is 5.69 Å². The van der Waals surface area contributed by atoms with Crippen LogP contribution in [0.1, 0.15) is 18.3 Å². The third-order valence-electron chi connectivity index (χ3n) is 2.49. The van der Waals surface area contributed by atoms with Crippen LogP contribution in [0.15, 0.2) is 24.5 Å². The molecule has 0 radical (unpaired) electrons. The third kappa shape index (κ3) is 1.95. The molecule has 0 amide bonds. The van der Waals surface area contributed by atoms with Gasteiger partial charge >= 0.3 is 0 Å². The van der Waals surface area contributed by atoms with E-state index in [1.54, 1.807) is 12.3 Å². The molecular weight excluding hydrogens is 243 g/mol. The lowest BCUT2D eigenvalue weighted by molar-refractivity contribution is 0.886. The van der Waals surface area contributed by atoms with Gasteiger partial charge in [0.05, 0.1) is 10.7 Å². The van der Waals surface area contributed by atoms with E-state index in [9.17, 15) is 0 Å². The third-order valence-corrected chi connectivity index (χ3v) is 3.00. The lowest BCUT2D eigenvalue weighted by Gasteiger charge is -2.12. The summed E-state index contributed by atoms with van der Waals surface area (Å²) >= 11 is 12.2. The first-order valence-electron chi connectivity index (χ1n) is 5.11. The van der Waals surface area contributed by atoms with Crippen LogP contribution in [0.5, 0.6) is 0 Å². The van der Waals surface area contributed by atoms with Crippen molar-refractivity contribution in [3.05, 3.63) is 46.0 Å². The van der Waals surface area contributed by atoms with Gasteiger partial charge in [0.2, 0.25) is 0 Å². The van der Waals surface area contributed by atoms with E-state index in [1.807, 2.05) is 23.8 Å². The van der Waals surface area contributed by atoms with Gasteiger partial charge in [0.1, 0.15) is 5.82 Å². The molecule has 0 unspecified atom stereocenters. The first kappa shape index (κ1) is 11.5. The molecule has 0 aliphatic heterocycles. The second-order valence-electron chi connectivity index (χ2n) is 3.62. The summed E-state index contributed by atoms with van der Waals surface area (Å²) < 4.78 is 2.01. The summed E-state index contributed by atoms with van der Waals surface area (Å²) in [7, 11) is 0. The van der Waals surface area contributed by atoms with Crippen molar-refractivity contribution >= 4 is 23.2 Å². The van der Waals surface area contributed by atoms with Crippen LogP contribution in [0.2, 0.25) is 10.0 Å². The van der Waals surface area contributed by atoms with Gasteiger partial charge in [-0.25, -0.2) is 4.98 Å². The van der Waals surface area contributed by atoms with E-state index in [1.165, 1.54) is 0 Å². The molecule has 1 aromatic carbocycles. The summed E-state index contributed by atoms with van der Waals surface area (Å²) in [5, 5.41) is 1.31. The highest BCUT2D eigenvalue weighted by Gasteiger charge is 2.10. The Balaban J connectivity index is 2.64. The highest BCUT2D eigenvalue weighted by atomic mass is 35.5. The molecule has 2 rings (SSSR count). The van der Waals surface area contributed by atoms with Crippen molar-refractivity contribution in [2.24, 2.45) is 0 Å². The standard InChI is InChI=1S/C12H12Cl2N2/c1-3-11-15-4-5-16(11)12-8(2)6-9(13)7-10(12)14/h4-7H,3H2,1-2H3. The van der Waals surface area contributed by atoms with Gasteiger partial charge < -0.3 is 4.57 Å². The zero-order chi connectivity index (χ0) is 11.7. The van der Waals surface area contributed by atoms with E-state index >= 15 is 0 Å². The van der Waals surface area contributed by atoms with Gasteiger partial charge in [-0.05, 0) is 24.6 Å². The molecule has 84 valence electrons. The quantitative estimate of drug-likeness (QED) is 0.791. The van der Waals surface area contributed by atoms with Crippen LogP contribution in [-0.2, 0) is 6.42 Å². The van der Waals surface area contributed by atoms with Crippen LogP contribution in [0.3, 0.4) is 0 Å². The van der Waals surface area contributed by atoms with Gasteiger partial charge in [-0.3, -0.25) is 0 Å². The molecule has 0 N–H and O–H groups in total. The number of benzene rings is 1. The molecule has 0 saturated heterocycles. The fourth-order valence-corrected chi connectivity index (χ4v) is 2.49. The van der Waals surface area contributed by atoms with Crippen LogP contribution >= 0.6 is 23.2 Å². The molecule has 2 aromatic rings. The average Bonchev–Trinajstić information content (AvgIpc) is 2.64. The van der Waals surface area contributed by atoms with E-state index in [2.05, 4.69) is 11.9 Å². The van der Waals surface area contributed by atoms with Crippen LogP contribution in [0.4, 0.5) is 0 Å². The molecule has 0 aliphatic carbocycles. The van der Waals surface area contributed by atoms with Gasteiger partial charge in [0.15, 0.2) is 0 Å². The van der Waals surface area contributed by atoms with Crippen molar-refractivity contribution in [3.63, 3.8) is 0 Å². The fraction of sp³-hybridized carbons (Fsp3) is 0.250. The molecule has 0 fully saturated rings. The summed E-state index contributed by atoms with van der Waals surface area (Å²) in [6, 6.07) is 3.66. The number of aryl methyl sites for hydroxylation is 2. The molecule has 2 nitrogen and oxygen atoms in total. The monoisotopic (exact) mass is 254 g/mol. The van der Waals surface area contributed by atoms with Crippen LogP contribution in [-0.4, -0.2) is 9.55 Å². The van der Waals surface area contributed by atoms with Gasteiger partial charge in [-0.2, -0.15) is 0 Å². The predicted octanol–water partition coefficient (Wildman–Crippen LogP) is 4.05. The van der Waals surface area contributed by atoms with E-state index < -0.39 is 0 Å². The maximum Gasteiger partial charge on any atom is 0.112 e. The summed E-state index contributed by atoms with van der Waals surface area (Å²) in [4.78, 5) is 4.29. The van der Waals surface area contributed by atoms with Gasteiger partial charge in [0.25, 0.3) is 0 Å². The Morgan fingerprint density at radius 3 is 2.69 bits per heavy atom. The SMILES string of the molecule is CCc1nccn1-c1c(C)cc(Cl)cc1Cl. The van der Waals surface area contributed by atoms with Crippen LogP contribution < -0.4 is 0 Å². The molecule has 0 spiro atoms. The molecular formula is C12H12Cl2N2. The molecule has 1 aromatic heterocycles. The van der Waals surface area contributed by atoms with Crippen molar-refractivity contribution in [1.82, 2.24) is 9.55 Å². The molecule has 4 heteroatoms. The number of halogens is 2. The van der Waals surface area contributed by atoms with E-state index in [4.69, 9.17) is 23.2 Å². The van der Waals surface area contributed by atoms with Crippen LogP contribution in [0, 0.1) is 6.92 Å². The van der Waals surface area contributed by atoms with E-state index in [0.717, 1.165) is 23.5 Å². The zero-order valence-corrected chi connectivity index (χ0v) is 10.7. The Bertz CT molecular complexity index is 494. The van der Waals surface area contributed by atoms with E-state index in [0.29, 0.717) is 10.0 Å². The number of aromatic nitrogens is 2. The van der Waals surface area contributed by atoms with E-state index in [-0.39, 0.29) is 0 Å². The van der Waals surface area contributed by atoms with Gasteiger partial charge in [-0.15, -0.1) is 0 Å². The largest absolute Gasteiger partial charge is 0.302 e. The molecule has 0 saturated carbocycles. The summed E-state index contributed by atoms with van der Waals surface area (Å²) in [5.74, 6) is 0.993. The summed E-state index contributed by atoms with van der Waals surface area (Å²) in [5.41, 5.74) is 2.01. The fourth-order valence-electron chi connectivity index (χ4n) is 1.80. The maximum absolute atomic E-state index is 6.22. The molecule has 0 aliphatic rings. The van der Waals surface area contributed by atoms with Crippen molar-refractivity contribution in [2.75, 3.05) is 0 Å². The molecule has 1 heterocycles. The van der Waals surface area contributed by atoms with Crippen molar-refractivity contribution in [2.45, 2.75) is 20.3 Å². The highest BCUT2D eigenvalue weighted by Crippen LogP contribution is 2.29. The maximum atomic E-state index is 6.22. The second-order valence-corrected chi connectivity index (χ2v) is 4.46. The van der Waals surface area contributed by atoms with Gasteiger partial charge in [0, 0.05) is 23.8 Å². The second kappa shape index (κ2) is 4.48. The topological polar surface area (TPSA) is 17.8 Å². The summed E-state index contributed by atoms with van der Waals surface area (Å²) in [6.07, 6.45) is 4.57. The Hall–Kier alpha value is -0.990. The first-order valence-corrected chi connectivity index (χ1v) is 5.87. The normalized spacial score (nSPS) is 10.8. The van der Waals surface area contributed by atoms with Gasteiger partial charge in [-0.1, -0.05) is 30.1 Å². The summed E-state index contributed by atoms with van der Waals surface area (Å²) in [6.45, 7) is 4.06. The number of hydrogen-bond acceptors (Lipinski definition) is 1. The minimum Gasteiger partial charge on any atom is -0.302 e. The minimum absolute atomic E-state index is 0.651. The minimum atomic E-state index is 0.651. The number of hydrogen-bond donors (Lipinski definition) is 0. The van der Waals surface area contributed by atoms with Crippen molar-refractivity contribution in [1.29, 1.82) is 0 Å². The average molecular weight is 255 g/mol. The lowest BCUT2D eigenvalue weighted by Crippen LogP contribution is -2.02. The van der Waals surface area contributed by atoms with Crippen molar-refractivity contribution < 1.29 is 0 Å². The molecule has 0 bridgehead atoms. The molecule has 16 heavy (non-hydrogen) atoms.